The van der Waals surface area contributed by atoms with Crippen LogP contribution in [0.25, 0.3) is 21.9 Å². The fraction of sp³-hybridized carbons (Fsp3) is 0.381. The number of benzene rings is 1. The number of aliphatic hydroxyl groups is 1. The Morgan fingerprint density at radius 2 is 1.96 bits per heavy atom. The molecular weight excluding hydrogens is 340 g/mol. The summed E-state index contributed by atoms with van der Waals surface area (Å²) in [6.45, 7) is 2.00. The van der Waals surface area contributed by atoms with E-state index in [2.05, 4.69) is 33.2 Å². The normalized spacial score (nSPS) is 16.1. The minimum absolute atomic E-state index is 0.168. The number of nitrogens with zero attached hydrogens (tertiary/aromatic N) is 4. The first-order valence-corrected chi connectivity index (χ1v) is 9.36. The molecule has 1 aliphatic heterocycles. The first kappa shape index (κ1) is 17.8. The van der Waals surface area contributed by atoms with Crippen LogP contribution in [0.1, 0.15) is 18.5 Å². The maximum atomic E-state index is 12.4. The van der Waals surface area contributed by atoms with E-state index in [0.29, 0.717) is 13.0 Å². The van der Waals surface area contributed by atoms with E-state index in [4.69, 9.17) is 0 Å². The molecule has 6 heteroatoms. The van der Waals surface area contributed by atoms with E-state index in [1.54, 1.807) is 4.68 Å². The second-order valence-electron chi connectivity index (χ2n) is 7.36. The van der Waals surface area contributed by atoms with Crippen LogP contribution in [0.5, 0.6) is 0 Å². The minimum atomic E-state index is -0.215. The molecule has 0 bridgehead atoms. The van der Waals surface area contributed by atoms with Gasteiger partial charge >= 0.3 is 0 Å². The first-order valence-electron chi connectivity index (χ1n) is 9.36. The maximum Gasteiger partial charge on any atom is 0.152 e. The number of hydrogen-bond donors (Lipinski definition) is 1. The molecule has 2 aromatic heterocycles. The van der Waals surface area contributed by atoms with Gasteiger partial charge in [-0.25, -0.2) is 0 Å². The molecule has 27 heavy (non-hydrogen) atoms. The maximum absolute atomic E-state index is 12.4. The van der Waals surface area contributed by atoms with Gasteiger partial charge < -0.3 is 5.11 Å². The van der Waals surface area contributed by atoms with Gasteiger partial charge in [-0.05, 0) is 35.9 Å². The Hall–Kier alpha value is -2.57. The number of carbonyl (C=O) groups is 1. The predicted octanol–water partition coefficient (Wildman–Crippen LogP) is 2.20. The second-order valence-corrected chi connectivity index (χ2v) is 7.36. The van der Waals surface area contributed by atoms with Crippen molar-refractivity contribution >= 4 is 16.6 Å². The fourth-order valence-corrected chi connectivity index (χ4v) is 3.62. The summed E-state index contributed by atoms with van der Waals surface area (Å²) < 4.78 is 1.79. The van der Waals surface area contributed by atoms with Crippen molar-refractivity contribution in [3.63, 3.8) is 0 Å². The summed E-state index contributed by atoms with van der Waals surface area (Å²) in [7, 11) is 1.90. The number of aliphatic hydroxyl groups excluding tert-OH is 1. The summed E-state index contributed by atoms with van der Waals surface area (Å²) in [6.07, 6.45) is 7.29. The average Bonchev–Trinajstić information content (AvgIpc) is 3.09. The smallest absolute Gasteiger partial charge is 0.152 e. The Kier molecular flexibility index (Phi) is 5.01. The molecule has 0 unspecified atom stereocenters. The van der Waals surface area contributed by atoms with Gasteiger partial charge in [0.15, 0.2) is 5.78 Å². The van der Waals surface area contributed by atoms with Crippen molar-refractivity contribution in [3.05, 3.63) is 48.5 Å². The monoisotopic (exact) mass is 364 g/mol. The second kappa shape index (κ2) is 7.58. The Morgan fingerprint density at radius 1 is 1.15 bits per heavy atom. The summed E-state index contributed by atoms with van der Waals surface area (Å²) in [4.78, 5) is 19.0. The zero-order valence-electron chi connectivity index (χ0n) is 15.5. The van der Waals surface area contributed by atoms with Crippen molar-refractivity contribution in [1.82, 2.24) is 19.7 Å². The summed E-state index contributed by atoms with van der Waals surface area (Å²) in [5.74, 6) is 0.168. The van der Waals surface area contributed by atoms with E-state index in [1.165, 1.54) is 0 Å². The number of aryl methyl sites for hydroxylation is 1. The lowest BCUT2D eigenvalue weighted by molar-refractivity contribution is -0.120. The Balaban J connectivity index is 1.48. The summed E-state index contributed by atoms with van der Waals surface area (Å²) in [5.41, 5.74) is 2.97. The number of aromatic nitrogens is 3. The van der Waals surface area contributed by atoms with Crippen LogP contribution in [0.15, 0.2) is 42.9 Å². The van der Waals surface area contributed by atoms with Crippen molar-refractivity contribution in [2.75, 3.05) is 19.6 Å². The molecule has 1 aliphatic rings. The molecule has 1 saturated heterocycles. The zero-order valence-corrected chi connectivity index (χ0v) is 15.5. The predicted molar refractivity (Wildman–Crippen MR) is 104 cm³/mol. The standard InChI is InChI=1S/C21H24N4O2/c1-24-13-18(12-23-24)15-2-3-16-11-22-19(9-17(16)8-15)10-21(27)14-25-6-4-20(26)5-7-25/h2-3,8-9,11-13,20,26H,4-7,10,14H2,1H3. The number of likely N-dealkylation sites (tertiary alicyclic amines) is 1. The van der Waals surface area contributed by atoms with Gasteiger partial charge in [0.25, 0.3) is 0 Å². The first-order chi connectivity index (χ1) is 13.1. The van der Waals surface area contributed by atoms with Crippen LogP contribution in [0.3, 0.4) is 0 Å². The van der Waals surface area contributed by atoms with Gasteiger partial charge in [-0.2, -0.15) is 5.10 Å². The number of hydrogen-bond acceptors (Lipinski definition) is 5. The summed E-state index contributed by atoms with van der Waals surface area (Å²) in [6, 6.07) is 8.24. The van der Waals surface area contributed by atoms with E-state index in [0.717, 1.165) is 53.5 Å². The van der Waals surface area contributed by atoms with Gasteiger partial charge in [-0.15, -0.1) is 0 Å². The molecule has 6 nitrogen and oxygen atoms in total. The molecule has 3 aromatic rings. The lowest BCUT2D eigenvalue weighted by Crippen LogP contribution is -2.39. The van der Waals surface area contributed by atoms with E-state index in [1.807, 2.05) is 31.7 Å². The van der Waals surface area contributed by atoms with Crippen molar-refractivity contribution < 1.29 is 9.90 Å². The molecule has 1 N–H and O–H groups in total. The fourth-order valence-electron chi connectivity index (χ4n) is 3.62. The molecular formula is C21H24N4O2. The SMILES string of the molecule is Cn1cc(-c2ccc3cnc(CC(=O)CN4CCC(O)CC4)cc3c2)cn1. The molecule has 0 amide bonds. The highest BCUT2D eigenvalue weighted by Crippen LogP contribution is 2.24. The third-order valence-electron chi connectivity index (χ3n) is 5.15. The van der Waals surface area contributed by atoms with Crippen molar-refractivity contribution in [2.24, 2.45) is 7.05 Å². The molecule has 0 saturated carbocycles. The quantitative estimate of drug-likeness (QED) is 0.752. The molecule has 140 valence electrons. The highest BCUT2D eigenvalue weighted by molar-refractivity contribution is 5.88. The van der Waals surface area contributed by atoms with E-state index in [-0.39, 0.29) is 11.9 Å². The van der Waals surface area contributed by atoms with Gasteiger partial charge in [0, 0.05) is 49.2 Å². The van der Waals surface area contributed by atoms with Crippen LogP contribution in [0.2, 0.25) is 0 Å². The number of fused-ring (bicyclic) bond motifs is 1. The molecule has 0 radical (unpaired) electrons. The van der Waals surface area contributed by atoms with Crippen LogP contribution in [-0.4, -0.2) is 56.3 Å². The third kappa shape index (κ3) is 4.23. The number of pyridine rings is 1. The largest absolute Gasteiger partial charge is 0.393 e. The number of Topliss-reactive ketones (excluding diaryl/α,β-unsaturated/α-hetero) is 1. The van der Waals surface area contributed by atoms with Gasteiger partial charge in [0.1, 0.15) is 0 Å². The lowest BCUT2D eigenvalue weighted by atomic mass is 10.0. The Morgan fingerprint density at radius 3 is 2.70 bits per heavy atom. The average molecular weight is 364 g/mol. The number of carbonyl (C=O) groups excluding carboxylic acids is 1. The Bertz CT molecular complexity index is 958. The zero-order chi connectivity index (χ0) is 18.8. The number of piperidine rings is 1. The van der Waals surface area contributed by atoms with Crippen LogP contribution < -0.4 is 0 Å². The van der Waals surface area contributed by atoms with Gasteiger partial charge in [0.05, 0.1) is 25.3 Å². The minimum Gasteiger partial charge on any atom is -0.393 e. The van der Waals surface area contributed by atoms with Crippen molar-refractivity contribution in [3.8, 4) is 11.1 Å². The molecule has 0 spiro atoms. The third-order valence-corrected chi connectivity index (χ3v) is 5.15. The van der Waals surface area contributed by atoms with Gasteiger partial charge in [0.2, 0.25) is 0 Å². The molecule has 1 aromatic carbocycles. The summed E-state index contributed by atoms with van der Waals surface area (Å²) in [5, 5.41) is 15.9. The highest BCUT2D eigenvalue weighted by Gasteiger charge is 2.19. The summed E-state index contributed by atoms with van der Waals surface area (Å²) >= 11 is 0. The highest BCUT2D eigenvalue weighted by atomic mass is 16.3. The van der Waals surface area contributed by atoms with Gasteiger partial charge in [-0.1, -0.05) is 12.1 Å². The van der Waals surface area contributed by atoms with Crippen LogP contribution in [0.4, 0.5) is 0 Å². The van der Waals surface area contributed by atoms with Crippen LogP contribution in [0, 0.1) is 0 Å². The topological polar surface area (TPSA) is 71.2 Å². The molecule has 0 aliphatic carbocycles. The van der Waals surface area contributed by atoms with E-state index in [9.17, 15) is 9.90 Å². The number of ketones is 1. The lowest BCUT2D eigenvalue weighted by Gasteiger charge is -2.28. The van der Waals surface area contributed by atoms with Crippen molar-refractivity contribution in [1.29, 1.82) is 0 Å². The van der Waals surface area contributed by atoms with E-state index >= 15 is 0 Å². The van der Waals surface area contributed by atoms with Crippen molar-refractivity contribution in [2.45, 2.75) is 25.4 Å². The number of rotatable bonds is 5. The van der Waals surface area contributed by atoms with Crippen LogP contribution in [-0.2, 0) is 18.3 Å². The molecule has 4 rings (SSSR count). The van der Waals surface area contributed by atoms with Gasteiger partial charge in [-0.3, -0.25) is 19.4 Å². The molecule has 0 atom stereocenters. The Labute approximate surface area is 158 Å². The van der Waals surface area contributed by atoms with Crippen LogP contribution >= 0.6 is 0 Å². The molecule has 3 heterocycles. The van der Waals surface area contributed by atoms with E-state index < -0.39 is 0 Å². The molecule has 1 fully saturated rings.